The summed E-state index contributed by atoms with van der Waals surface area (Å²) in [4.78, 5) is 40.6. The smallest absolute Gasteiger partial charge is 0.507 e. The van der Waals surface area contributed by atoms with E-state index in [2.05, 4.69) is 0 Å². The molecule has 0 saturated carbocycles. The minimum atomic E-state index is -0.763. The number of amides is 2. The maximum Gasteiger partial charge on any atom is 0.514 e. The normalized spacial score (nSPS) is 15.3. The Balaban J connectivity index is 0.000000199. The van der Waals surface area contributed by atoms with E-state index in [1.165, 1.54) is 12.8 Å². The summed E-state index contributed by atoms with van der Waals surface area (Å²) >= 11 is 0. The Labute approximate surface area is 288 Å². The lowest BCUT2D eigenvalue weighted by Crippen LogP contribution is -2.34. The van der Waals surface area contributed by atoms with Gasteiger partial charge in [0.1, 0.15) is 17.1 Å². The molecule has 2 aliphatic heterocycles. The van der Waals surface area contributed by atoms with Gasteiger partial charge < -0.3 is 24.4 Å². The number of carbonyl (C=O) groups excluding carboxylic acids is 3. The van der Waals surface area contributed by atoms with E-state index in [-0.39, 0.29) is 17.6 Å². The number of fused-ring (bicyclic) bond motifs is 2. The standard InChI is InChI=1S/C23H27NO4.C18H19NO2/c1-23(2,3)28-22(26)27-21-18(12-11-17-9-5-6-10-19(17)21)13-14-20(25)24-15-7-4-8-16-24;20-17(19-12-4-1-5-13-19)11-10-15-9-8-14-6-2-3-7-16(14)18(15)21/h5-6,9-14H,4,7-8,15-16H2,1-3H3;2-3,6-11,21H,1,4-5,12-13H2/b14-13+;11-10+. The van der Waals surface area contributed by atoms with Gasteiger partial charge in [0.2, 0.25) is 11.8 Å². The molecule has 0 aromatic heterocycles. The molecule has 0 bridgehead atoms. The number of phenolic OH excluding ortho intramolecular Hbond substituents is 1. The Morgan fingerprint density at radius 1 is 0.633 bits per heavy atom. The van der Waals surface area contributed by atoms with Gasteiger partial charge in [-0.2, -0.15) is 0 Å². The average Bonchev–Trinajstić information content (AvgIpc) is 3.11. The molecule has 2 aliphatic rings. The summed E-state index contributed by atoms with van der Waals surface area (Å²) in [5.74, 6) is 0.643. The van der Waals surface area contributed by atoms with Gasteiger partial charge in [-0.05, 0) is 82.2 Å². The van der Waals surface area contributed by atoms with Crippen LogP contribution in [0.15, 0.2) is 84.9 Å². The van der Waals surface area contributed by atoms with Crippen molar-refractivity contribution in [3.8, 4) is 11.5 Å². The van der Waals surface area contributed by atoms with Gasteiger partial charge in [0, 0.05) is 60.2 Å². The fraction of sp³-hybridized carbons (Fsp3) is 0.341. The van der Waals surface area contributed by atoms with E-state index in [0.717, 1.165) is 73.4 Å². The molecule has 0 aliphatic carbocycles. The molecule has 2 heterocycles. The van der Waals surface area contributed by atoms with Crippen LogP contribution in [0.4, 0.5) is 4.79 Å². The molecule has 8 heteroatoms. The predicted octanol–water partition coefficient (Wildman–Crippen LogP) is 8.75. The topological polar surface area (TPSA) is 96.4 Å². The van der Waals surface area contributed by atoms with Gasteiger partial charge in [-0.1, -0.05) is 72.8 Å². The first-order valence-corrected chi connectivity index (χ1v) is 17.2. The summed E-state index contributed by atoms with van der Waals surface area (Å²) in [7, 11) is 0. The number of piperidine rings is 2. The van der Waals surface area contributed by atoms with Crippen molar-refractivity contribution in [1.82, 2.24) is 9.80 Å². The van der Waals surface area contributed by atoms with Crippen LogP contribution in [0.2, 0.25) is 0 Å². The Morgan fingerprint density at radius 2 is 1.10 bits per heavy atom. The number of aromatic hydroxyl groups is 1. The second-order valence-corrected chi connectivity index (χ2v) is 13.4. The van der Waals surface area contributed by atoms with Crippen LogP contribution >= 0.6 is 0 Å². The van der Waals surface area contributed by atoms with Crippen LogP contribution in [0.1, 0.15) is 70.4 Å². The molecule has 4 aromatic carbocycles. The lowest BCUT2D eigenvalue weighted by Gasteiger charge is -2.25. The number of phenols is 1. The first-order valence-electron chi connectivity index (χ1n) is 17.2. The molecule has 0 spiro atoms. The maximum absolute atomic E-state index is 12.5. The average molecular weight is 663 g/mol. The maximum atomic E-state index is 12.5. The molecule has 0 radical (unpaired) electrons. The van der Waals surface area contributed by atoms with Crippen molar-refractivity contribution in [1.29, 1.82) is 0 Å². The third-order valence-electron chi connectivity index (χ3n) is 8.56. The highest BCUT2D eigenvalue weighted by Crippen LogP contribution is 2.32. The number of likely N-dealkylation sites (tertiary alicyclic amines) is 2. The molecule has 6 rings (SSSR count). The van der Waals surface area contributed by atoms with Crippen molar-refractivity contribution in [2.45, 2.75) is 64.9 Å². The second-order valence-electron chi connectivity index (χ2n) is 13.4. The van der Waals surface area contributed by atoms with Crippen LogP contribution in [-0.4, -0.2) is 64.7 Å². The van der Waals surface area contributed by atoms with Crippen LogP contribution in [0.25, 0.3) is 33.7 Å². The van der Waals surface area contributed by atoms with Gasteiger partial charge in [-0.25, -0.2) is 4.79 Å². The number of hydrogen-bond donors (Lipinski definition) is 1. The lowest BCUT2D eigenvalue weighted by atomic mass is 10.0. The van der Waals surface area contributed by atoms with Gasteiger partial charge in [0.25, 0.3) is 0 Å². The molecule has 0 unspecified atom stereocenters. The molecule has 49 heavy (non-hydrogen) atoms. The molecule has 8 nitrogen and oxygen atoms in total. The molecular weight excluding hydrogens is 616 g/mol. The summed E-state index contributed by atoms with van der Waals surface area (Å²) in [6.45, 7) is 8.63. The number of rotatable bonds is 5. The van der Waals surface area contributed by atoms with Gasteiger partial charge in [0.05, 0.1) is 0 Å². The molecular formula is C41H46N2O6. The van der Waals surface area contributed by atoms with Crippen LogP contribution in [0.5, 0.6) is 11.5 Å². The molecule has 4 aromatic rings. The number of ether oxygens (including phenoxy) is 2. The number of benzene rings is 4. The summed E-state index contributed by atoms with van der Waals surface area (Å²) < 4.78 is 10.9. The van der Waals surface area contributed by atoms with E-state index in [9.17, 15) is 19.5 Å². The summed E-state index contributed by atoms with van der Waals surface area (Å²) in [6, 6.07) is 22.9. The van der Waals surface area contributed by atoms with E-state index in [1.807, 2.05) is 82.6 Å². The van der Waals surface area contributed by atoms with Crippen LogP contribution < -0.4 is 4.74 Å². The Kier molecular flexibility index (Phi) is 11.7. The van der Waals surface area contributed by atoms with Crippen LogP contribution in [-0.2, 0) is 14.3 Å². The second kappa shape index (κ2) is 16.3. The Hall–Kier alpha value is -5.11. The van der Waals surface area contributed by atoms with E-state index in [4.69, 9.17) is 9.47 Å². The lowest BCUT2D eigenvalue weighted by molar-refractivity contribution is -0.127. The molecule has 2 amide bonds. The SMILES string of the molecule is CC(C)(C)OC(=O)Oc1c(/C=C/C(=O)N2CCCCC2)ccc2ccccc12.O=C(/C=C/c1ccc2ccccc2c1O)N1CCCCC1. The van der Waals surface area contributed by atoms with E-state index < -0.39 is 11.8 Å². The highest BCUT2D eigenvalue weighted by atomic mass is 16.7. The number of carbonyl (C=O) groups is 3. The Bertz CT molecular complexity index is 1840. The van der Waals surface area contributed by atoms with Gasteiger partial charge in [-0.3, -0.25) is 9.59 Å². The van der Waals surface area contributed by atoms with Crippen molar-refractivity contribution in [2.24, 2.45) is 0 Å². The fourth-order valence-electron chi connectivity index (χ4n) is 6.03. The predicted molar refractivity (Wildman–Crippen MR) is 195 cm³/mol. The van der Waals surface area contributed by atoms with E-state index >= 15 is 0 Å². The molecule has 1 N–H and O–H groups in total. The minimum Gasteiger partial charge on any atom is -0.507 e. The summed E-state index contributed by atoms with van der Waals surface area (Å²) in [5.41, 5.74) is 0.691. The first kappa shape index (κ1) is 35.2. The zero-order chi connectivity index (χ0) is 34.8. The summed E-state index contributed by atoms with van der Waals surface area (Å²) in [6.07, 6.45) is 12.4. The number of hydrogen-bond acceptors (Lipinski definition) is 6. The number of nitrogens with zero attached hydrogens (tertiary/aromatic N) is 2. The van der Waals surface area contributed by atoms with E-state index in [0.29, 0.717) is 16.9 Å². The zero-order valence-electron chi connectivity index (χ0n) is 28.7. The van der Waals surface area contributed by atoms with E-state index in [1.54, 1.807) is 45.1 Å². The van der Waals surface area contributed by atoms with Crippen LogP contribution in [0, 0.1) is 0 Å². The third kappa shape index (κ3) is 9.72. The van der Waals surface area contributed by atoms with Gasteiger partial charge in [-0.15, -0.1) is 0 Å². The largest absolute Gasteiger partial charge is 0.514 e. The monoisotopic (exact) mass is 662 g/mol. The molecule has 2 fully saturated rings. The van der Waals surface area contributed by atoms with Crippen molar-refractivity contribution < 1.29 is 29.0 Å². The highest BCUT2D eigenvalue weighted by molar-refractivity contribution is 5.97. The quantitative estimate of drug-likeness (QED) is 0.130. The fourth-order valence-corrected chi connectivity index (χ4v) is 6.03. The van der Waals surface area contributed by atoms with Crippen LogP contribution in [0.3, 0.4) is 0 Å². The van der Waals surface area contributed by atoms with Crippen molar-refractivity contribution >= 4 is 51.7 Å². The third-order valence-corrected chi connectivity index (χ3v) is 8.56. The molecule has 256 valence electrons. The Morgan fingerprint density at radius 3 is 1.65 bits per heavy atom. The van der Waals surface area contributed by atoms with Crippen molar-refractivity contribution in [3.05, 3.63) is 96.1 Å². The first-order chi connectivity index (χ1) is 23.6. The zero-order valence-corrected chi connectivity index (χ0v) is 28.7. The highest BCUT2D eigenvalue weighted by Gasteiger charge is 2.21. The van der Waals surface area contributed by atoms with Crippen molar-refractivity contribution in [3.63, 3.8) is 0 Å². The van der Waals surface area contributed by atoms with Crippen molar-refractivity contribution in [2.75, 3.05) is 26.2 Å². The van der Waals surface area contributed by atoms with Gasteiger partial charge in [0.15, 0.2) is 0 Å². The summed E-state index contributed by atoms with van der Waals surface area (Å²) in [5, 5.41) is 13.8. The molecule has 0 atom stereocenters. The molecule has 2 saturated heterocycles. The van der Waals surface area contributed by atoms with Gasteiger partial charge >= 0.3 is 6.16 Å². The minimum absolute atomic E-state index is 0.0175.